The second kappa shape index (κ2) is 7.87. The van der Waals surface area contributed by atoms with Gasteiger partial charge in [-0.05, 0) is 43.2 Å². The van der Waals surface area contributed by atoms with Crippen molar-refractivity contribution in [1.82, 2.24) is 0 Å². The Kier molecular flexibility index (Phi) is 5.55. The van der Waals surface area contributed by atoms with Crippen LogP contribution in [0, 0.1) is 0 Å². The molecule has 7 nitrogen and oxygen atoms in total. The van der Waals surface area contributed by atoms with Crippen LogP contribution in [0.15, 0.2) is 47.4 Å². The zero-order chi connectivity index (χ0) is 19.4. The van der Waals surface area contributed by atoms with E-state index in [0.717, 1.165) is 12.8 Å². The normalized spacial score (nSPS) is 16.1. The highest BCUT2D eigenvalue weighted by Crippen LogP contribution is 2.33. The number of methoxy groups -OCH3 is 1. The number of nitrogens with one attached hydrogen (secondary N) is 2. The fourth-order valence-electron chi connectivity index (χ4n) is 2.78. The quantitative estimate of drug-likeness (QED) is 0.756. The second-order valence-corrected chi connectivity index (χ2v) is 7.92. The molecule has 2 N–H and O–H groups in total. The van der Waals surface area contributed by atoms with E-state index < -0.39 is 16.1 Å². The number of unbranched alkanes of at least 4 members (excludes halogenated alkanes) is 1. The smallest absolute Gasteiger partial charge is 0.265 e. The average Bonchev–Trinajstić information content (AvgIpc) is 2.65. The number of amides is 1. The van der Waals surface area contributed by atoms with Crippen molar-refractivity contribution in [2.75, 3.05) is 17.1 Å². The lowest BCUT2D eigenvalue weighted by Crippen LogP contribution is -2.37. The van der Waals surface area contributed by atoms with Gasteiger partial charge in [0.05, 0.1) is 23.4 Å². The standard InChI is InChI=1S/C19H22N2O5S/c1-3-4-8-18-19(22)20-16-12-15(9-10-17(16)26-18)27(23,24)21-13-6-5-7-14(11-13)25-2/h5-7,9-12,18,21H,3-4,8H2,1-2H3,(H,20,22). The van der Waals surface area contributed by atoms with Crippen LogP contribution >= 0.6 is 0 Å². The molecule has 2 aromatic rings. The first kappa shape index (κ1) is 19.0. The Balaban J connectivity index is 1.82. The van der Waals surface area contributed by atoms with Crippen LogP contribution in [0.5, 0.6) is 11.5 Å². The van der Waals surface area contributed by atoms with Crippen LogP contribution in [0.4, 0.5) is 11.4 Å². The highest BCUT2D eigenvalue weighted by molar-refractivity contribution is 7.92. The van der Waals surface area contributed by atoms with Crippen molar-refractivity contribution in [2.24, 2.45) is 0 Å². The highest BCUT2D eigenvalue weighted by atomic mass is 32.2. The van der Waals surface area contributed by atoms with Crippen molar-refractivity contribution in [3.63, 3.8) is 0 Å². The van der Waals surface area contributed by atoms with E-state index in [2.05, 4.69) is 10.0 Å². The minimum atomic E-state index is -3.83. The number of fused-ring (bicyclic) bond motifs is 1. The molecule has 27 heavy (non-hydrogen) atoms. The summed E-state index contributed by atoms with van der Waals surface area (Å²) in [5, 5.41) is 2.74. The van der Waals surface area contributed by atoms with Crippen LogP contribution in [0.2, 0.25) is 0 Å². The summed E-state index contributed by atoms with van der Waals surface area (Å²) in [4.78, 5) is 12.2. The molecule has 1 heterocycles. The first-order valence-corrected chi connectivity index (χ1v) is 10.2. The van der Waals surface area contributed by atoms with Crippen molar-refractivity contribution in [3.8, 4) is 11.5 Å². The molecule has 1 amide bonds. The van der Waals surface area contributed by atoms with Gasteiger partial charge in [0.2, 0.25) is 0 Å². The van der Waals surface area contributed by atoms with E-state index in [1.165, 1.54) is 19.2 Å². The van der Waals surface area contributed by atoms with Crippen molar-refractivity contribution in [3.05, 3.63) is 42.5 Å². The highest BCUT2D eigenvalue weighted by Gasteiger charge is 2.28. The van der Waals surface area contributed by atoms with Gasteiger partial charge >= 0.3 is 0 Å². The summed E-state index contributed by atoms with van der Waals surface area (Å²) in [5.41, 5.74) is 0.730. The van der Waals surface area contributed by atoms with E-state index in [9.17, 15) is 13.2 Å². The molecule has 0 bridgehead atoms. The van der Waals surface area contributed by atoms with Crippen LogP contribution in [0.3, 0.4) is 0 Å². The lowest BCUT2D eigenvalue weighted by atomic mass is 10.1. The molecule has 0 aliphatic carbocycles. The third kappa shape index (κ3) is 4.33. The molecule has 0 spiro atoms. The van der Waals surface area contributed by atoms with Crippen molar-refractivity contribution in [1.29, 1.82) is 0 Å². The van der Waals surface area contributed by atoms with Gasteiger partial charge in [0.25, 0.3) is 15.9 Å². The van der Waals surface area contributed by atoms with E-state index >= 15 is 0 Å². The van der Waals surface area contributed by atoms with E-state index in [1.54, 1.807) is 30.3 Å². The van der Waals surface area contributed by atoms with Crippen LogP contribution < -0.4 is 19.5 Å². The zero-order valence-electron chi connectivity index (χ0n) is 15.2. The van der Waals surface area contributed by atoms with E-state index in [0.29, 0.717) is 29.3 Å². The number of benzene rings is 2. The van der Waals surface area contributed by atoms with Gasteiger partial charge in [0.15, 0.2) is 6.10 Å². The lowest BCUT2D eigenvalue weighted by molar-refractivity contribution is -0.123. The Labute approximate surface area is 158 Å². The van der Waals surface area contributed by atoms with Crippen molar-refractivity contribution < 1.29 is 22.7 Å². The van der Waals surface area contributed by atoms with Crippen LogP contribution in [0.1, 0.15) is 26.2 Å². The summed E-state index contributed by atoms with van der Waals surface area (Å²) in [7, 11) is -2.32. The number of sulfonamides is 1. The van der Waals surface area contributed by atoms with Crippen LogP contribution in [-0.2, 0) is 14.8 Å². The van der Waals surface area contributed by atoms with E-state index in [4.69, 9.17) is 9.47 Å². The van der Waals surface area contributed by atoms with E-state index in [1.807, 2.05) is 6.92 Å². The number of carbonyl (C=O) groups excluding carboxylic acids is 1. The molecule has 0 fully saturated rings. The molecular formula is C19H22N2O5S. The Morgan fingerprint density at radius 2 is 2.04 bits per heavy atom. The number of anilines is 2. The Hall–Kier alpha value is -2.74. The van der Waals surface area contributed by atoms with Gasteiger partial charge in [0, 0.05) is 6.07 Å². The minimum absolute atomic E-state index is 0.0278. The van der Waals surface area contributed by atoms with Gasteiger partial charge in [-0.1, -0.05) is 19.4 Å². The largest absolute Gasteiger partial charge is 0.497 e. The molecule has 2 aromatic carbocycles. The van der Waals surface area contributed by atoms with Gasteiger partial charge < -0.3 is 14.8 Å². The number of rotatable bonds is 7. The molecule has 0 saturated heterocycles. The maximum atomic E-state index is 12.7. The number of hydrogen-bond donors (Lipinski definition) is 2. The molecule has 0 saturated carbocycles. The van der Waals surface area contributed by atoms with Crippen molar-refractivity contribution >= 4 is 27.3 Å². The molecule has 144 valence electrons. The van der Waals surface area contributed by atoms with Gasteiger partial charge in [0.1, 0.15) is 11.5 Å². The monoisotopic (exact) mass is 390 g/mol. The number of ether oxygens (including phenoxy) is 2. The van der Waals surface area contributed by atoms with Gasteiger partial charge in [-0.25, -0.2) is 8.42 Å². The summed E-state index contributed by atoms with van der Waals surface area (Å²) >= 11 is 0. The Bertz CT molecular complexity index is 943. The Morgan fingerprint density at radius 1 is 1.22 bits per heavy atom. The molecule has 8 heteroatoms. The maximum Gasteiger partial charge on any atom is 0.265 e. The summed E-state index contributed by atoms with van der Waals surface area (Å²) in [6.45, 7) is 2.04. The molecule has 3 rings (SSSR count). The molecular weight excluding hydrogens is 368 g/mol. The summed E-state index contributed by atoms with van der Waals surface area (Å²) in [6.07, 6.45) is 1.92. The third-order valence-electron chi connectivity index (χ3n) is 4.22. The number of hydrogen-bond acceptors (Lipinski definition) is 5. The summed E-state index contributed by atoms with van der Waals surface area (Å²) in [5.74, 6) is 0.752. The topological polar surface area (TPSA) is 93.7 Å². The molecule has 0 aromatic heterocycles. The van der Waals surface area contributed by atoms with Crippen molar-refractivity contribution in [2.45, 2.75) is 37.2 Å². The first-order chi connectivity index (χ1) is 12.9. The van der Waals surface area contributed by atoms with E-state index in [-0.39, 0.29) is 10.8 Å². The number of carbonyl (C=O) groups is 1. The SMILES string of the molecule is CCCCC1Oc2ccc(S(=O)(=O)Nc3cccc(OC)c3)cc2NC1=O. The van der Waals surface area contributed by atoms with Crippen LogP contribution in [-0.4, -0.2) is 27.5 Å². The second-order valence-electron chi connectivity index (χ2n) is 6.23. The fourth-order valence-corrected chi connectivity index (χ4v) is 3.85. The summed E-state index contributed by atoms with van der Waals surface area (Å²) in [6, 6.07) is 11.0. The molecule has 1 aliphatic heterocycles. The predicted molar refractivity (Wildman–Crippen MR) is 103 cm³/mol. The molecule has 0 radical (unpaired) electrons. The molecule has 1 unspecified atom stereocenters. The predicted octanol–water partition coefficient (Wildman–Crippen LogP) is 3.39. The molecule has 1 aliphatic rings. The van der Waals surface area contributed by atoms with Gasteiger partial charge in [-0.15, -0.1) is 0 Å². The fraction of sp³-hybridized carbons (Fsp3) is 0.316. The average molecular weight is 390 g/mol. The minimum Gasteiger partial charge on any atom is -0.497 e. The lowest BCUT2D eigenvalue weighted by Gasteiger charge is -2.26. The van der Waals surface area contributed by atoms with Gasteiger partial charge in [-0.3, -0.25) is 9.52 Å². The zero-order valence-corrected chi connectivity index (χ0v) is 16.0. The van der Waals surface area contributed by atoms with Gasteiger partial charge in [-0.2, -0.15) is 0 Å². The third-order valence-corrected chi connectivity index (χ3v) is 5.60. The maximum absolute atomic E-state index is 12.7. The molecule has 1 atom stereocenters. The van der Waals surface area contributed by atoms with Crippen LogP contribution in [0.25, 0.3) is 0 Å². The Morgan fingerprint density at radius 3 is 2.78 bits per heavy atom. The first-order valence-electron chi connectivity index (χ1n) is 8.71. The summed E-state index contributed by atoms with van der Waals surface area (Å²) < 4.78 is 38.7.